The Morgan fingerprint density at radius 2 is 2.00 bits per heavy atom. The molecule has 0 amide bonds. The fraction of sp³-hybridized carbons (Fsp3) is 0.0667. The van der Waals surface area contributed by atoms with Crippen LogP contribution in [0.2, 0.25) is 0 Å². The minimum absolute atomic E-state index is 0.386. The quantitative estimate of drug-likeness (QED) is 0.850. The minimum Gasteiger partial charge on any atom is -0.487 e. The average Bonchev–Trinajstić information content (AvgIpc) is 2.45. The monoisotopic (exact) mass is 333 g/mol. The van der Waals surface area contributed by atoms with E-state index in [1.807, 2.05) is 12.1 Å². The lowest BCUT2D eigenvalue weighted by Crippen LogP contribution is -1.97. The smallest absolute Gasteiger partial charge is 0.328 e. The number of rotatable bonds is 5. The zero-order chi connectivity index (χ0) is 14.4. The molecule has 1 aromatic heterocycles. The number of nitrogens with zero attached hydrogens (tertiary/aromatic N) is 1. The topological polar surface area (TPSA) is 59.4 Å². The Bertz CT molecular complexity index is 606. The maximum atomic E-state index is 10.4. The number of benzene rings is 1. The summed E-state index contributed by atoms with van der Waals surface area (Å²) in [4.78, 5) is 14.6. The lowest BCUT2D eigenvalue weighted by molar-refractivity contribution is -0.131. The Morgan fingerprint density at radius 1 is 1.25 bits per heavy atom. The molecule has 1 aromatic carbocycles. The highest BCUT2D eigenvalue weighted by Gasteiger charge is 1.98. The van der Waals surface area contributed by atoms with E-state index < -0.39 is 5.97 Å². The molecule has 0 saturated carbocycles. The Labute approximate surface area is 124 Å². The first-order chi connectivity index (χ1) is 9.63. The number of carbonyl (C=O) groups is 1. The molecule has 0 aliphatic heterocycles. The predicted octanol–water partition coefficient (Wildman–Crippen LogP) is 3.52. The van der Waals surface area contributed by atoms with Crippen molar-refractivity contribution in [3.63, 3.8) is 0 Å². The Hall–Kier alpha value is -2.14. The van der Waals surface area contributed by atoms with Gasteiger partial charge in [0.2, 0.25) is 0 Å². The molecule has 0 bridgehead atoms. The van der Waals surface area contributed by atoms with Gasteiger partial charge in [-0.1, -0.05) is 12.1 Å². The molecule has 20 heavy (non-hydrogen) atoms. The zero-order valence-electron chi connectivity index (χ0n) is 10.5. The van der Waals surface area contributed by atoms with E-state index in [4.69, 9.17) is 9.84 Å². The van der Waals surface area contributed by atoms with Crippen molar-refractivity contribution in [1.82, 2.24) is 4.98 Å². The van der Waals surface area contributed by atoms with Gasteiger partial charge >= 0.3 is 5.97 Å². The highest BCUT2D eigenvalue weighted by Crippen LogP contribution is 2.15. The number of pyridine rings is 1. The number of aromatic nitrogens is 1. The van der Waals surface area contributed by atoms with Crippen molar-refractivity contribution in [1.29, 1.82) is 0 Å². The molecule has 1 heterocycles. The van der Waals surface area contributed by atoms with Crippen molar-refractivity contribution in [3.05, 3.63) is 64.4 Å². The van der Waals surface area contributed by atoms with Gasteiger partial charge < -0.3 is 9.84 Å². The second kappa shape index (κ2) is 6.86. The van der Waals surface area contributed by atoms with E-state index in [0.717, 1.165) is 21.8 Å². The first-order valence-electron chi connectivity index (χ1n) is 5.88. The molecule has 2 aromatic rings. The normalized spacial score (nSPS) is 10.7. The van der Waals surface area contributed by atoms with Gasteiger partial charge in [-0.2, -0.15) is 0 Å². The number of carboxylic acids is 1. The Morgan fingerprint density at radius 3 is 2.60 bits per heavy atom. The maximum absolute atomic E-state index is 10.4. The summed E-state index contributed by atoms with van der Waals surface area (Å²) in [5, 5.41) is 8.54. The van der Waals surface area contributed by atoms with Gasteiger partial charge in [0.25, 0.3) is 0 Å². The SMILES string of the molecule is O=C(O)/C=C/c1ccc(OCc2ccc(Br)cn2)cc1. The number of carboxylic acid groups (broad SMARTS) is 1. The van der Waals surface area contributed by atoms with Gasteiger partial charge in [-0.15, -0.1) is 0 Å². The summed E-state index contributed by atoms with van der Waals surface area (Å²) < 4.78 is 6.52. The fourth-order valence-electron chi connectivity index (χ4n) is 1.49. The first-order valence-corrected chi connectivity index (χ1v) is 6.67. The molecule has 0 atom stereocenters. The van der Waals surface area contributed by atoms with Crippen molar-refractivity contribution in [2.45, 2.75) is 6.61 Å². The van der Waals surface area contributed by atoms with Crippen LogP contribution in [-0.4, -0.2) is 16.1 Å². The lowest BCUT2D eigenvalue weighted by atomic mass is 10.2. The Kier molecular flexibility index (Phi) is 4.90. The highest BCUT2D eigenvalue weighted by molar-refractivity contribution is 9.10. The molecular weight excluding hydrogens is 322 g/mol. The van der Waals surface area contributed by atoms with Gasteiger partial charge in [0.05, 0.1) is 5.69 Å². The molecule has 4 nitrogen and oxygen atoms in total. The van der Waals surface area contributed by atoms with Crippen LogP contribution >= 0.6 is 15.9 Å². The van der Waals surface area contributed by atoms with Gasteiger partial charge in [-0.25, -0.2) is 4.79 Å². The molecule has 0 radical (unpaired) electrons. The van der Waals surface area contributed by atoms with Crippen molar-refractivity contribution < 1.29 is 14.6 Å². The van der Waals surface area contributed by atoms with Crippen molar-refractivity contribution in [3.8, 4) is 5.75 Å². The third kappa shape index (κ3) is 4.51. The summed E-state index contributed by atoms with van der Waals surface area (Å²) in [7, 11) is 0. The molecule has 0 aliphatic carbocycles. The zero-order valence-corrected chi connectivity index (χ0v) is 12.1. The molecule has 0 spiro atoms. The third-order valence-corrected chi connectivity index (χ3v) is 2.94. The molecule has 0 saturated heterocycles. The van der Waals surface area contributed by atoms with Crippen LogP contribution in [0.5, 0.6) is 5.75 Å². The van der Waals surface area contributed by atoms with E-state index in [2.05, 4.69) is 20.9 Å². The number of ether oxygens (including phenoxy) is 1. The first kappa shape index (κ1) is 14.3. The van der Waals surface area contributed by atoms with Gasteiger partial charge in [-0.05, 0) is 51.8 Å². The second-order valence-corrected chi connectivity index (χ2v) is 4.91. The van der Waals surface area contributed by atoms with Crippen molar-refractivity contribution >= 4 is 28.0 Å². The summed E-state index contributed by atoms with van der Waals surface area (Å²) in [5.74, 6) is -0.256. The summed E-state index contributed by atoms with van der Waals surface area (Å²) in [6, 6.07) is 11.0. The van der Waals surface area contributed by atoms with E-state index >= 15 is 0 Å². The van der Waals surface area contributed by atoms with E-state index in [1.54, 1.807) is 30.5 Å². The summed E-state index contributed by atoms with van der Waals surface area (Å²) in [6.07, 6.45) is 4.35. The molecule has 0 aliphatic rings. The van der Waals surface area contributed by atoms with Gasteiger partial charge in [0.1, 0.15) is 12.4 Å². The number of aliphatic carboxylic acids is 1. The number of hydrogen-bond acceptors (Lipinski definition) is 3. The van der Waals surface area contributed by atoms with Crippen LogP contribution in [0.15, 0.2) is 53.1 Å². The standard InChI is InChI=1S/C15H12BrNO3/c16-12-4-5-13(17-9-12)10-20-14-6-1-11(2-7-14)3-8-15(18)19/h1-9H,10H2,(H,18,19)/b8-3+. The molecule has 2 rings (SSSR count). The fourth-order valence-corrected chi connectivity index (χ4v) is 1.73. The predicted molar refractivity (Wildman–Crippen MR) is 79.4 cm³/mol. The molecule has 5 heteroatoms. The lowest BCUT2D eigenvalue weighted by Gasteiger charge is -2.06. The van der Waals surface area contributed by atoms with Gasteiger partial charge in [0, 0.05) is 16.7 Å². The second-order valence-electron chi connectivity index (χ2n) is 4.00. The van der Waals surface area contributed by atoms with E-state index in [0.29, 0.717) is 12.4 Å². The molecule has 102 valence electrons. The van der Waals surface area contributed by atoms with Crippen molar-refractivity contribution in [2.75, 3.05) is 0 Å². The van der Waals surface area contributed by atoms with Crippen LogP contribution in [0.4, 0.5) is 0 Å². The van der Waals surface area contributed by atoms with Crippen LogP contribution < -0.4 is 4.74 Å². The van der Waals surface area contributed by atoms with E-state index in [9.17, 15) is 4.79 Å². The molecular formula is C15H12BrNO3. The van der Waals surface area contributed by atoms with E-state index in [-0.39, 0.29) is 0 Å². The maximum Gasteiger partial charge on any atom is 0.328 e. The third-order valence-electron chi connectivity index (χ3n) is 2.47. The molecule has 1 N–H and O–H groups in total. The van der Waals surface area contributed by atoms with Crippen LogP contribution in [0.3, 0.4) is 0 Å². The van der Waals surface area contributed by atoms with Gasteiger partial charge in [0.15, 0.2) is 0 Å². The number of hydrogen-bond donors (Lipinski definition) is 1. The van der Waals surface area contributed by atoms with Crippen LogP contribution in [0.1, 0.15) is 11.3 Å². The van der Waals surface area contributed by atoms with Crippen LogP contribution in [-0.2, 0) is 11.4 Å². The summed E-state index contributed by atoms with van der Waals surface area (Å²) in [6.45, 7) is 0.386. The van der Waals surface area contributed by atoms with Crippen LogP contribution in [0.25, 0.3) is 6.08 Å². The molecule has 0 unspecified atom stereocenters. The average molecular weight is 334 g/mol. The summed E-state index contributed by atoms with van der Waals surface area (Å²) >= 11 is 3.32. The van der Waals surface area contributed by atoms with Gasteiger partial charge in [-0.3, -0.25) is 4.98 Å². The molecule has 0 fully saturated rings. The van der Waals surface area contributed by atoms with Crippen LogP contribution in [0, 0.1) is 0 Å². The summed E-state index contributed by atoms with van der Waals surface area (Å²) in [5.41, 5.74) is 1.64. The minimum atomic E-state index is -0.966. The largest absolute Gasteiger partial charge is 0.487 e. The van der Waals surface area contributed by atoms with E-state index in [1.165, 1.54) is 6.08 Å². The highest BCUT2D eigenvalue weighted by atomic mass is 79.9. The van der Waals surface area contributed by atoms with Crippen molar-refractivity contribution in [2.24, 2.45) is 0 Å². The Balaban J connectivity index is 1.93. The number of halogens is 1.